The largest absolute Gasteiger partial charge is 0.491 e. The maximum Gasteiger partial charge on any atom is 0.267 e. The minimum Gasteiger partial charge on any atom is -0.491 e. The Labute approximate surface area is 88.1 Å². The fourth-order valence-electron chi connectivity index (χ4n) is 1.00. The summed E-state index contributed by atoms with van der Waals surface area (Å²) in [6.45, 7) is -0.177. The highest BCUT2D eigenvalue weighted by Crippen LogP contribution is 2.08. The minimum absolute atomic E-state index is 0.177. The summed E-state index contributed by atoms with van der Waals surface area (Å²) in [4.78, 5) is 0. The summed E-state index contributed by atoms with van der Waals surface area (Å²) in [6, 6.07) is 8.68. The zero-order valence-electron chi connectivity index (χ0n) is 7.91. The first kappa shape index (κ1) is 12.0. The van der Waals surface area contributed by atoms with Crippen LogP contribution in [0.4, 0.5) is 0 Å². The molecule has 0 saturated heterocycles. The molecule has 0 saturated carbocycles. The highest BCUT2D eigenvalue weighted by atomic mass is 32.2. The lowest BCUT2D eigenvalue weighted by Gasteiger charge is -2.10. The van der Waals surface area contributed by atoms with Gasteiger partial charge in [-0.1, -0.05) is 18.2 Å². The van der Waals surface area contributed by atoms with Gasteiger partial charge in [-0.2, -0.15) is 8.42 Å². The van der Waals surface area contributed by atoms with Crippen molar-refractivity contribution in [2.45, 2.75) is 6.10 Å². The second-order valence-corrected chi connectivity index (χ2v) is 4.52. The molecule has 84 valence electrons. The lowest BCUT2D eigenvalue weighted by atomic mass is 10.3. The Balaban J connectivity index is 2.38. The summed E-state index contributed by atoms with van der Waals surface area (Å²) in [5.74, 6) is -0.188. The molecule has 0 aliphatic carbocycles. The van der Waals surface area contributed by atoms with E-state index in [-0.39, 0.29) is 6.61 Å². The number of hydrogen-bond acceptors (Lipinski definition) is 4. The van der Waals surface area contributed by atoms with Crippen LogP contribution in [0, 0.1) is 0 Å². The summed E-state index contributed by atoms with van der Waals surface area (Å²) >= 11 is 0. The number of hydrogen-bond donors (Lipinski definition) is 2. The minimum atomic E-state index is -4.16. The van der Waals surface area contributed by atoms with Gasteiger partial charge in [-0.05, 0) is 12.1 Å². The van der Waals surface area contributed by atoms with Crippen LogP contribution < -0.4 is 4.74 Å². The van der Waals surface area contributed by atoms with Crippen LogP contribution in [0.2, 0.25) is 0 Å². The number of aliphatic hydroxyl groups excluding tert-OH is 1. The van der Waals surface area contributed by atoms with E-state index in [0.717, 1.165) is 0 Å². The normalized spacial score (nSPS) is 13.5. The van der Waals surface area contributed by atoms with Crippen LogP contribution in [0.3, 0.4) is 0 Å². The highest BCUT2D eigenvalue weighted by Gasteiger charge is 2.14. The molecule has 0 bridgehead atoms. The van der Waals surface area contributed by atoms with E-state index in [2.05, 4.69) is 0 Å². The Kier molecular flexibility index (Phi) is 4.07. The first-order valence-electron chi connectivity index (χ1n) is 4.28. The van der Waals surface area contributed by atoms with Crippen molar-refractivity contribution in [2.24, 2.45) is 0 Å². The number of benzene rings is 1. The molecule has 15 heavy (non-hydrogen) atoms. The second-order valence-electron chi connectivity index (χ2n) is 3.03. The summed E-state index contributed by atoms with van der Waals surface area (Å²) < 4.78 is 34.3. The molecule has 5 nitrogen and oxygen atoms in total. The van der Waals surface area contributed by atoms with Crippen molar-refractivity contribution in [2.75, 3.05) is 12.4 Å². The highest BCUT2D eigenvalue weighted by molar-refractivity contribution is 7.85. The molecule has 0 radical (unpaired) electrons. The van der Waals surface area contributed by atoms with Gasteiger partial charge < -0.3 is 9.84 Å². The van der Waals surface area contributed by atoms with Crippen LogP contribution in [-0.4, -0.2) is 36.5 Å². The fourth-order valence-corrected chi connectivity index (χ4v) is 1.58. The molecular formula is C9H12O5S. The van der Waals surface area contributed by atoms with Crippen molar-refractivity contribution in [3.63, 3.8) is 0 Å². The molecule has 6 heteroatoms. The Morgan fingerprint density at radius 2 is 1.87 bits per heavy atom. The lowest BCUT2D eigenvalue weighted by molar-refractivity contribution is 0.123. The molecule has 1 unspecified atom stereocenters. The molecule has 0 aliphatic rings. The lowest BCUT2D eigenvalue weighted by Crippen LogP contribution is -2.26. The number of para-hydroxylation sites is 1. The first-order chi connectivity index (χ1) is 6.97. The molecule has 0 heterocycles. The molecule has 0 amide bonds. The van der Waals surface area contributed by atoms with Crippen LogP contribution in [0.1, 0.15) is 0 Å². The monoisotopic (exact) mass is 232 g/mol. The van der Waals surface area contributed by atoms with Gasteiger partial charge in [-0.3, -0.25) is 4.55 Å². The van der Waals surface area contributed by atoms with Crippen LogP contribution in [-0.2, 0) is 10.1 Å². The SMILES string of the molecule is O=S(=O)(O)CC(O)COc1ccccc1. The molecule has 0 aromatic heterocycles. The average Bonchev–Trinajstić information content (AvgIpc) is 2.14. The molecule has 0 spiro atoms. The second kappa shape index (κ2) is 5.11. The number of aliphatic hydroxyl groups is 1. The molecule has 0 aliphatic heterocycles. The Morgan fingerprint density at radius 1 is 1.27 bits per heavy atom. The predicted octanol–water partition coefficient (Wildman–Crippen LogP) is 0.314. The Bertz CT molecular complexity index is 386. The quantitative estimate of drug-likeness (QED) is 0.714. The van der Waals surface area contributed by atoms with Gasteiger partial charge in [-0.15, -0.1) is 0 Å². The van der Waals surface area contributed by atoms with E-state index in [1.54, 1.807) is 24.3 Å². The smallest absolute Gasteiger partial charge is 0.267 e. The van der Waals surface area contributed by atoms with Gasteiger partial charge in [0.1, 0.15) is 24.2 Å². The summed E-state index contributed by atoms with van der Waals surface area (Å²) in [5.41, 5.74) is 0. The molecule has 1 rings (SSSR count). The standard InChI is InChI=1S/C9H12O5S/c10-8(7-15(11,12)13)6-14-9-4-2-1-3-5-9/h1-5,8,10H,6-7H2,(H,11,12,13). The molecule has 0 fully saturated rings. The van der Waals surface area contributed by atoms with Gasteiger partial charge in [0, 0.05) is 0 Å². The maximum atomic E-state index is 10.4. The van der Waals surface area contributed by atoms with E-state index < -0.39 is 22.0 Å². The molecule has 1 aromatic carbocycles. The predicted molar refractivity (Wildman–Crippen MR) is 54.4 cm³/mol. The van der Waals surface area contributed by atoms with E-state index >= 15 is 0 Å². The Hall–Kier alpha value is -1.11. The Morgan fingerprint density at radius 3 is 2.40 bits per heavy atom. The van der Waals surface area contributed by atoms with Crippen LogP contribution in [0.15, 0.2) is 30.3 Å². The van der Waals surface area contributed by atoms with Crippen molar-refractivity contribution >= 4 is 10.1 Å². The number of ether oxygens (including phenoxy) is 1. The molecular weight excluding hydrogens is 220 g/mol. The topological polar surface area (TPSA) is 83.8 Å². The summed E-state index contributed by atoms with van der Waals surface area (Å²) in [5, 5.41) is 9.18. The van der Waals surface area contributed by atoms with Crippen LogP contribution >= 0.6 is 0 Å². The molecule has 1 atom stereocenters. The van der Waals surface area contributed by atoms with Gasteiger partial charge in [0.05, 0.1) is 0 Å². The third-order valence-corrected chi connectivity index (χ3v) is 2.39. The number of rotatable bonds is 5. The fraction of sp³-hybridized carbons (Fsp3) is 0.333. The van der Waals surface area contributed by atoms with Crippen molar-refractivity contribution in [3.05, 3.63) is 30.3 Å². The van der Waals surface area contributed by atoms with E-state index in [9.17, 15) is 13.5 Å². The zero-order chi connectivity index (χ0) is 11.3. The van der Waals surface area contributed by atoms with Crippen LogP contribution in [0.25, 0.3) is 0 Å². The summed E-state index contributed by atoms with van der Waals surface area (Å²) in [6.07, 6.45) is -1.24. The van der Waals surface area contributed by atoms with Gasteiger partial charge in [0.25, 0.3) is 10.1 Å². The van der Waals surface area contributed by atoms with E-state index in [1.165, 1.54) is 0 Å². The first-order valence-corrected chi connectivity index (χ1v) is 5.89. The van der Waals surface area contributed by atoms with Gasteiger partial charge >= 0.3 is 0 Å². The molecule has 2 N–H and O–H groups in total. The third-order valence-electron chi connectivity index (χ3n) is 1.59. The third kappa shape index (κ3) is 5.36. The van der Waals surface area contributed by atoms with Crippen molar-refractivity contribution < 1.29 is 22.8 Å². The molecule has 1 aromatic rings. The van der Waals surface area contributed by atoms with Crippen LogP contribution in [0.5, 0.6) is 5.75 Å². The van der Waals surface area contributed by atoms with Gasteiger partial charge in [0.2, 0.25) is 0 Å². The van der Waals surface area contributed by atoms with E-state index in [1.807, 2.05) is 6.07 Å². The van der Waals surface area contributed by atoms with Gasteiger partial charge in [0.15, 0.2) is 0 Å². The van der Waals surface area contributed by atoms with Gasteiger partial charge in [-0.25, -0.2) is 0 Å². The van der Waals surface area contributed by atoms with E-state index in [4.69, 9.17) is 9.29 Å². The average molecular weight is 232 g/mol. The van der Waals surface area contributed by atoms with E-state index in [0.29, 0.717) is 5.75 Å². The zero-order valence-corrected chi connectivity index (χ0v) is 8.72. The maximum absolute atomic E-state index is 10.4. The summed E-state index contributed by atoms with van der Waals surface area (Å²) in [7, 11) is -4.16. The van der Waals surface area contributed by atoms with Crippen molar-refractivity contribution in [3.8, 4) is 5.75 Å². The van der Waals surface area contributed by atoms with Crippen molar-refractivity contribution in [1.29, 1.82) is 0 Å². The van der Waals surface area contributed by atoms with Crippen molar-refractivity contribution in [1.82, 2.24) is 0 Å².